The van der Waals surface area contributed by atoms with Gasteiger partial charge in [0.2, 0.25) is 0 Å². The van der Waals surface area contributed by atoms with E-state index in [1.54, 1.807) is 0 Å². The van der Waals surface area contributed by atoms with Crippen molar-refractivity contribution in [1.82, 2.24) is 5.32 Å². The van der Waals surface area contributed by atoms with Crippen LogP contribution >= 0.6 is 0 Å². The number of piperidine rings is 1. The van der Waals surface area contributed by atoms with Crippen LogP contribution in [0.2, 0.25) is 0 Å². The first kappa shape index (κ1) is 10.0. The Morgan fingerprint density at radius 3 is 2.92 bits per heavy atom. The molecule has 0 radical (unpaired) electrons. The molecule has 0 amide bonds. The lowest BCUT2D eigenvalue weighted by atomic mass is 9.98. The zero-order valence-corrected chi connectivity index (χ0v) is 8.05. The zero-order chi connectivity index (χ0) is 8.81. The van der Waals surface area contributed by atoms with Crippen molar-refractivity contribution < 1.29 is 5.11 Å². The Morgan fingerprint density at radius 2 is 2.33 bits per heavy atom. The lowest BCUT2D eigenvalue weighted by Gasteiger charge is -2.25. The molecule has 2 nitrogen and oxygen atoms in total. The van der Waals surface area contributed by atoms with Gasteiger partial charge in [0, 0.05) is 6.04 Å². The first-order valence-corrected chi connectivity index (χ1v) is 5.24. The average Bonchev–Trinajstić information content (AvgIpc) is 2.06. The maximum absolute atomic E-state index is 9.56. The van der Waals surface area contributed by atoms with Crippen LogP contribution in [0, 0.1) is 0 Å². The second-order valence-electron chi connectivity index (χ2n) is 3.83. The lowest BCUT2D eigenvalue weighted by Crippen LogP contribution is -2.36. The molecule has 2 heteroatoms. The molecule has 1 fully saturated rings. The molecule has 0 saturated carbocycles. The summed E-state index contributed by atoms with van der Waals surface area (Å²) in [4.78, 5) is 0. The molecule has 1 rings (SSSR count). The van der Waals surface area contributed by atoms with Crippen molar-refractivity contribution in [2.75, 3.05) is 6.54 Å². The Hall–Kier alpha value is -0.0800. The molecule has 0 aromatic heterocycles. The molecule has 1 aliphatic heterocycles. The van der Waals surface area contributed by atoms with Gasteiger partial charge in [0.25, 0.3) is 0 Å². The molecule has 0 spiro atoms. The van der Waals surface area contributed by atoms with Crippen LogP contribution in [-0.2, 0) is 0 Å². The van der Waals surface area contributed by atoms with Crippen LogP contribution in [0.1, 0.15) is 45.4 Å². The molecular weight excluding hydrogens is 150 g/mol. The number of rotatable bonds is 4. The van der Waals surface area contributed by atoms with Crippen LogP contribution in [0.5, 0.6) is 0 Å². The fourth-order valence-corrected chi connectivity index (χ4v) is 1.90. The van der Waals surface area contributed by atoms with Crippen molar-refractivity contribution >= 4 is 0 Å². The molecule has 0 aromatic carbocycles. The Balaban J connectivity index is 2.11. The molecule has 2 N–H and O–H groups in total. The lowest BCUT2D eigenvalue weighted by molar-refractivity contribution is 0.133. The summed E-state index contributed by atoms with van der Waals surface area (Å²) in [6.45, 7) is 3.26. The van der Waals surface area contributed by atoms with Crippen LogP contribution in [0.4, 0.5) is 0 Å². The third-order valence-corrected chi connectivity index (χ3v) is 2.59. The smallest absolute Gasteiger partial charge is 0.0555 e. The maximum atomic E-state index is 9.56. The fraction of sp³-hybridized carbons (Fsp3) is 1.00. The third kappa shape index (κ3) is 3.55. The van der Waals surface area contributed by atoms with E-state index in [2.05, 4.69) is 12.2 Å². The van der Waals surface area contributed by atoms with Gasteiger partial charge in [-0.1, -0.05) is 19.8 Å². The standard InChI is InChI=1S/C10H21NO/c1-2-5-10(12)8-9-6-3-4-7-11-9/h9-12H,2-8H2,1H3/t9?,10-/m1/s1. The van der Waals surface area contributed by atoms with E-state index in [1.165, 1.54) is 19.3 Å². The molecule has 1 unspecified atom stereocenters. The summed E-state index contributed by atoms with van der Waals surface area (Å²) in [5.74, 6) is 0. The molecular formula is C10H21NO. The van der Waals surface area contributed by atoms with Crippen LogP contribution in [-0.4, -0.2) is 23.8 Å². The predicted molar refractivity (Wildman–Crippen MR) is 51.2 cm³/mol. The fourth-order valence-electron chi connectivity index (χ4n) is 1.90. The normalized spacial score (nSPS) is 27.0. The van der Waals surface area contributed by atoms with Crippen molar-refractivity contribution in [3.63, 3.8) is 0 Å². The van der Waals surface area contributed by atoms with Gasteiger partial charge in [0.1, 0.15) is 0 Å². The minimum Gasteiger partial charge on any atom is -0.393 e. The summed E-state index contributed by atoms with van der Waals surface area (Å²) < 4.78 is 0. The van der Waals surface area contributed by atoms with Gasteiger partial charge in [-0.25, -0.2) is 0 Å². The monoisotopic (exact) mass is 171 g/mol. The topological polar surface area (TPSA) is 32.3 Å². The zero-order valence-electron chi connectivity index (χ0n) is 8.05. The summed E-state index contributed by atoms with van der Waals surface area (Å²) in [5.41, 5.74) is 0. The molecule has 0 bridgehead atoms. The van der Waals surface area contributed by atoms with Gasteiger partial charge in [0.05, 0.1) is 6.10 Å². The largest absolute Gasteiger partial charge is 0.393 e. The van der Waals surface area contributed by atoms with Crippen molar-refractivity contribution in [1.29, 1.82) is 0 Å². The minimum atomic E-state index is -0.0781. The van der Waals surface area contributed by atoms with E-state index in [-0.39, 0.29) is 6.10 Å². The summed E-state index contributed by atoms with van der Waals surface area (Å²) in [7, 11) is 0. The summed E-state index contributed by atoms with van der Waals surface area (Å²) in [6, 6.07) is 0.584. The SMILES string of the molecule is CCC[C@@H](O)CC1CCCCN1. The van der Waals surface area contributed by atoms with Gasteiger partial charge < -0.3 is 10.4 Å². The Kier molecular flexibility index (Phi) is 4.62. The Bertz CT molecular complexity index is 110. The number of aliphatic hydroxyl groups is 1. The van der Waals surface area contributed by atoms with Crippen molar-refractivity contribution in [2.45, 2.75) is 57.6 Å². The van der Waals surface area contributed by atoms with E-state index in [0.29, 0.717) is 6.04 Å². The molecule has 12 heavy (non-hydrogen) atoms. The first-order chi connectivity index (χ1) is 5.83. The number of hydrogen-bond donors (Lipinski definition) is 2. The number of hydrogen-bond acceptors (Lipinski definition) is 2. The highest BCUT2D eigenvalue weighted by molar-refractivity contribution is 4.74. The van der Waals surface area contributed by atoms with Gasteiger partial charge in [-0.15, -0.1) is 0 Å². The Labute approximate surface area is 75.4 Å². The van der Waals surface area contributed by atoms with E-state index in [0.717, 1.165) is 25.8 Å². The van der Waals surface area contributed by atoms with Crippen LogP contribution in [0.15, 0.2) is 0 Å². The van der Waals surface area contributed by atoms with Crippen molar-refractivity contribution in [3.8, 4) is 0 Å². The van der Waals surface area contributed by atoms with Gasteiger partial charge >= 0.3 is 0 Å². The van der Waals surface area contributed by atoms with E-state index in [1.807, 2.05) is 0 Å². The van der Waals surface area contributed by atoms with E-state index in [4.69, 9.17) is 0 Å². The third-order valence-electron chi connectivity index (χ3n) is 2.59. The molecule has 0 aliphatic carbocycles. The first-order valence-electron chi connectivity index (χ1n) is 5.24. The van der Waals surface area contributed by atoms with Crippen molar-refractivity contribution in [2.24, 2.45) is 0 Å². The summed E-state index contributed by atoms with van der Waals surface area (Å²) in [5, 5.41) is 13.0. The molecule has 2 atom stereocenters. The highest BCUT2D eigenvalue weighted by atomic mass is 16.3. The minimum absolute atomic E-state index is 0.0781. The Morgan fingerprint density at radius 1 is 1.50 bits per heavy atom. The molecule has 72 valence electrons. The highest BCUT2D eigenvalue weighted by Gasteiger charge is 2.15. The molecule has 1 aliphatic rings. The second-order valence-corrected chi connectivity index (χ2v) is 3.83. The molecule has 1 heterocycles. The number of nitrogens with one attached hydrogen (secondary N) is 1. The van der Waals surface area contributed by atoms with Crippen LogP contribution < -0.4 is 5.32 Å². The average molecular weight is 171 g/mol. The highest BCUT2D eigenvalue weighted by Crippen LogP contribution is 2.13. The summed E-state index contributed by atoms with van der Waals surface area (Å²) in [6.07, 6.45) is 6.81. The van der Waals surface area contributed by atoms with Gasteiger partial charge in [0.15, 0.2) is 0 Å². The van der Waals surface area contributed by atoms with Crippen molar-refractivity contribution in [3.05, 3.63) is 0 Å². The van der Waals surface area contributed by atoms with E-state index >= 15 is 0 Å². The van der Waals surface area contributed by atoms with E-state index < -0.39 is 0 Å². The molecule has 1 saturated heterocycles. The second kappa shape index (κ2) is 5.55. The van der Waals surface area contributed by atoms with Gasteiger partial charge in [-0.3, -0.25) is 0 Å². The van der Waals surface area contributed by atoms with E-state index in [9.17, 15) is 5.11 Å². The molecule has 0 aromatic rings. The maximum Gasteiger partial charge on any atom is 0.0555 e. The van der Waals surface area contributed by atoms with Crippen LogP contribution in [0.3, 0.4) is 0 Å². The van der Waals surface area contributed by atoms with Gasteiger partial charge in [-0.2, -0.15) is 0 Å². The predicted octanol–water partition coefficient (Wildman–Crippen LogP) is 1.68. The summed E-state index contributed by atoms with van der Waals surface area (Å²) >= 11 is 0. The van der Waals surface area contributed by atoms with Crippen LogP contribution in [0.25, 0.3) is 0 Å². The number of aliphatic hydroxyl groups excluding tert-OH is 1. The van der Waals surface area contributed by atoms with Gasteiger partial charge in [-0.05, 0) is 32.2 Å². The quantitative estimate of drug-likeness (QED) is 0.674.